The first-order chi connectivity index (χ1) is 6.47. The zero-order valence-corrected chi connectivity index (χ0v) is 9.24. The highest BCUT2D eigenvalue weighted by Gasteiger charge is 2.24. The second-order valence-corrected chi connectivity index (χ2v) is 5.66. The van der Waals surface area contributed by atoms with Gasteiger partial charge < -0.3 is 5.32 Å². The summed E-state index contributed by atoms with van der Waals surface area (Å²) < 4.78 is 0. The molecule has 0 amide bonds. The zero-order valence-electron chi connectivity index (χ0n) is 8.43. The summed E-state index contributed by atoms with van der Waals surface area (Å²) in [5.41, 5.74) is 0. The molecule has 1 saturated heterocycles. The number of thioether (sulfide) groups is 1. The maximum absolute atomic E-state index is 3.73. The fraction of sp³-hybridized carbons (Fsp3) is 1.00. The van der Waals surface area contributed by atoms with Gasteiger partial charge in [-0.05, 0) is 31.6 Å². The molecule has 0 bridgehead atoms. The van der Waals surface area contributed by atoms with E-state index in [9.17, 15) is 0 Å². The van der Waals surface area contributed by atoms with Crippen molar-refractivity contribution in [1.29, 1.82) is 0 Å². The van der Waals surface area contributed by atoms with Crippen molar-refractivity contribution in [3.63, 3.8) is 0 Å². The Hall–Kier alpha value is 0.310. The minimum absolute atomic E-state index is 0.841. The van der Waals surface area contributed by atoms with Crippen LogP contribution < -0.4 is 5.32 Å². The average molecular weight is 199 g/mol. The Morgan fingerprint density at radius 1 is 0.923 bits per heavy atom. The summed E-state index contributed by atoms with van der Waals surface area (Å²) in [7, 11) is 0. The first kappa shape index (κ1) is 9.85. The molecule has 2 atom stereocenters. The fourth-order valence-corrected chi connectivity index (χ4v) is 3.89. The van der Waals surface area contributed by atoms with Crippen LogP contribution in [0.1, 0.15) is 44.9 Å². The average Bonchev–Trinajstić information content (AvgIpc) is 2.30. The van der Waals surface area contributed by atoms with Crippen molar-refractivity contribution in [2.45, 2.75) is 56.2 Å². The molecule has 2 heteroatoms. The van der Waals surface area contributed by atoms with Gasteiger partial charge in [-0.3, -0.25) is 0 Å². The van der Waals surface area contributed by atoms with Crippen LogP contribution in [0.25, 0.3) is 0 Å². The van der Waals surface area contributed by atoms with Crippen LogP contribution in [-0.2, 0) is 0 Å². The summed E-state index contributed by atoms with van der Waals surface area (Å²) in [5.74, 6) is 1.38. The van der Waals surface area contributed by atoms with Crippen LogP contribution in [0.4, 0.5) is 0 Å². The van der Waals surface area contributed by atoms with Gasteiger partial charge in [-0.1, -0.05) is 25.7 Å². The van der Waals surface area contributed by atoms with Gasteiger partial charge in [-0.2, -0.15) is 11.8 Å². The van der Waals surface area contributed by atoms with Crippen molar-refractivity contribution in [1.82, 2.24) is 5.32 Å². The third-order valence-corrected chi connectivity index (χ3v) is 4.78. The Bertz CT molecular complexity index is 133. The third kappa shape index (κ3) is 2.88. The molecule has 0 radical (unpaired) electrons. The van der Waals surface area contributed by atoms with Gasteiger partial charge in [0.1, 0.15) is 0 Å². The Balaban J connectivity index is 1.91. The van der Waals surface area contributed by atoms with Gasteiger partial charge >= 0.3 is 0 Å². The van der Waals surface area contributed by atoms with E-state index in [0.29, 0.717) is 0 Å². The second kappa shape index (κ2) is 5.26. The molecule has 1 aliphatic heterocycles. The highest BCUT2D eigenvalue weighted by Crippen LogP contribution is 2.29. The molecule has 13 heavy (non-hydrogen) atoms. The summed E-state index contributed by atoms with van der Waals surface area (Å²) in [5, 5.41) is 4.66. The van der Waals surface area contributed by atoms with Gasteiger partial charge in [0.05, 0.1) is 0 Å². The lowest BCUT2D eigenvalue weighted by molar-refractivity contribution is 0.406. The molecule has 0 aromatic heterocycles. The minimum Gasteiger partial charge on any atom is -0.313 e. The minimum atomic E-state index is 0.841. The Morgan fingerprint density at radius 2 is 1.77 bits per heavy atom. The van der Waals surface area contributed by atoms with Crippen LogP contribution in [0.15, 0.2) is 0 Å². The summed E-state index contributed by atoms with van der Waals surface area (Å²) >= 11 is 2.23. The van der Waals surface area contributed by atoms with Crippen LogP contribution >= 0.6 is 11.8 Å². The van der Waals surface area contributed by atoms with Gasteiger partial charge in [-0.15, -0.1) is 0 Å². The van der Waals surface area contributed by atoms with Crippen molar-refractivity contribution in [3.05, 3.63) is 0 Å². The summed E-state index contributed by atoms with van der Waals surface area (Å²) in [6.07, 6.45) is 10.1. The van der Waals surface area contributed by atoms with Gasteiger partial charge in [-0.25, -0.2) is 0 Å². The maximum Gasteiger partial charge on any atom is 0.0201 e. The van der Waals surface area contributed by atoms with Gasteiger partial charge in [0.15, 0.2) is 0 Å². The summed E-state index contributed by atoms with van der Waals surface area (Å²) in [4.78, 5) is 0. The first-order valence-electron chi connectivity index (χ1n) is 5.82. The largest absolute Gasteiger partial charge is 0.313 e. The highest BCUT2D eigenvalue weighted by molar-refractivity contribution is 7.99. The molecule has 2 rings (SSSR count). The summed E-state index contributed by atoms with van der Waals surface area (Å²) in [6.45, 7) is 1.26. The van der Waals surface area contributed by atoms with E-state index in [1.165, 1.54) is 57.2 Å². The smallest absolute Gasteiger partial charge is 0.0201 e. The van der Waals surface area contributed by atoms with Crippen LogP contribution in [0.3, 0.4) is 0 Å². The molecule has 1 heterocycles. The second-order valence-electron chi connectivity index (χ2n) is 4.31. The quantitative estimate of drug-likeness (QED) is 0.644. The number of hydrogen-bond donors (Lipinski definition) is 1. The molecule has 1 aliphatic carbocycles. The maximum atomic E-state index is 3.73. The molecule has 2 fully saturated rings. The van der Waals surface area contributed by atoms with E-state index < -0.39 is 0 Å². The number of rotatable bonds is 0. The predicted octanol–water partition coefficient (Wildman–Crippen LogP) is 2.80. The molecule has 1 saturated carbocycles. The standard InChI is InChI=1S/C11H21NS/c1-2-4-7-11-10(6-3-1)12-8-5-9-13-11/h10-12H,1-9H2. The van der Waals surface area contributed by atoms with E-state index in [0.717, 1.165) is 11.3 Å². The zero-order chi connectivity index (χ0) is 8.93. The van der Waals surface area contributed by atoms with Gasteiger partial charge in [0.25, 0.3) is 0 Å². The van der Waals surface area contributed by atoms with E-state index in [1.807, 2.05) is 0 Å². The molecule has 2 aliphatic rings. The van der Waals surface area contributed by atoms with Crippen LogP contribution in [0.5, 0.6) is 0 Å². The molecule has 2 unspecified atom stereocenters. The molecule has 0 aromatic rings. The molecule has 76 valence electrons. The Morgan fingerprint density at radius 3 is 2.69 bits per heavy atom. The van der Waals surface area contributed by atoms with Gasteiger partial charge in [0.2, 0.25) is 0 Å². The van der Waals surface area contributed by atoms with Crippen LogP contribution in [0, 0.1) is 0 Å². The lowest BCUT2D eigenvalue weighted by atomic mass is 9.96. The Labute approximate surface area is 86.0 Å². The lowest BCUT2D eigenvalue weighted by Crippen LogP contribution is -2.37. The molecule has 0 aromatic carbocycles. The number of nitrogens with one attached hydrogen (secondary N) is 1. The highest BCUT2D eigenvalue weighted by atomic mass is 32.2. The predicted molar refractivity (Wildman–Crippen MR) is 60.4 cm³/mol. The number of fused-ring (bicyclic) bond motifs is 1. The van der Waals surface area contributed by atoms with E-state index in [2.05, 4.69) is 17.1 Å². The third-order valence-electron chi connectivity index (χ3n) is 3.26. The molecule has 1 nitrogen and oxygen atoms in total. The van der Waals surface area contributed by atoms with Crippen LogP contribution in [0.2, 0.25) is 0 Å². The van der Waals surface area contributed by atoms with Crippen molar-refractivity contribution in [2.75, 3.05) is 12.3 Å². The molecular formula is C11H21NS. The SMILES string of the molecule is C1CCCC2SCCCNC2CC1. The van der Waals surface area contributed by atoms with Crippen molar-refractivity contribution < 1.29 is 0 Å². The summed E-state index contributed by atoms with van der Waals surface area (Å²) in [6, 6.07) is 0.841. The topological polar surface area (TPSA) is 12.0 Å². The van der Waals surface area contributed by atoms with Crippen LogP contribution in [-0.4, -0.2) is 23.6 Å². The van der Waals surface area contributed by atoms with Crippen molar-refractivity contribution in [3.8, 4) is 0 Å². The van der Waals surface area contributed by atoms with Gasteiger partial charge in [0, 0.05) is 11.3 Å². The number of hydrogen-bond acceptors (Lipinski definition) is 2. The molecular weight excluding hydrogens is 178 g/mol. The van der Waals surface area contributed by atoms with E-state index in [-0.39, 0.29) is 0 Å². The fourth-order valence-electron chi connectivity index (χ4n) is 2.48. The van der Waals surface area contributed by atoms with E-state index >= 15 is 0 Å². The molecule has 1 N–H and O–H groups in total. The monoisotopic (exact) mass is 199 g/mol. The lowest BCUT2D eigenvalue weighted by Gasteiger charge is -2.27. The van der Waals surface area contributed by atoms with Crippen molar-refractivity contribution >= 4 is 11.8 Å². The Kier molecular flexibility index (Phi) is 3.98. The van der Waals surface area contributed by atoms with E-state index in [4.69, 9.17) is 0 Å². The first-order valence-corrected chi connectivity index (χ1v) is 6.87. The molecule has 0 spiro atoms. The van der Waals surface area contributed by atoms with Crippen molar-refractivity contribution in [2.24, 2.45) is 0 Å². The normalized spacial score (nSPS) is 36.9. The van der Waals surface area contributed by atoms with E-state index in [1.54, 1.807) is 0 Å².